The van der Waals surface area contributed by atoms with Gasteiger partial charge in [-0.3, -0.25) is 4.79 Å². The van der Waals surface area contributed by atoms with Gasteiger partial charge in [-0.15, -0.1) is 24.8 Å². The molecule has 1 aromatic heterocycles. The largest absolute Gasteiger partial charge is 0.353 e. The van der Waals surface area contributed by atoms with Gasteiger partial charge < -0.3 is 16.0 Å². The minimum Gasteiger partial charge on any atom is -0.353 e. The lowest BCUT2D eigenvalue weighted by molar-refractivity contribution is -0.126. The molecule has 0 spiro atoms. The number of hydrogen-bond acceptors (Lipinski definition) is 5. The quantitative estimate of drug-likeness (QED) is 0.776. The highest BCUT2D eigenvalue weighted by Gasteiger charge is 2.33. The van der Waals surface area contributed by atoms with E-state index in [2.05, 4.69) is 28.4 Å². The fourth-order valence-corrected chi connectivity index (χ4v) is 5.20. The average molecular weight is 431 g/mol. The molecule has 2 atom stereocenters. The first kappa shape index (κ1) is 22.2. The molecule has 1 aromatic carbocycles. The molecule has 2 fully saturated rings. The van der Waals surface area contributed by atoms with E-state index in [4.69, 9.17) is 10.7 Å². The van der Waals surface area contributed by atoms with E-state index in [9.17, 15) is 4.79 Å². The Morgan fingerprint density at radius 2 is 1.93 bits per heavy atom. The number of thiazole rings is 1. The van der Waals surface area contributed by atoms with Gasteiger partial charge in [0.05, 0.1) is 10.2 Å². The van der Waals surface area contributed by atoms with Crippen LogP contribution < -0.4 is 16.0 Å². The van der Waals surface area contributed by atoms with Crippen molar-refractivity contribution < 1.29 is 4.79 Å². The lowest BCUT2D eigenvalue weighted by atomic mass is 9.94. The predicted molar refractivity (Wildman–Crippen MR) is 117 cm³/mol. The third-order valence-electron chi connectivity index (χ3n) is 5.69. The van der Waals surface area contributed by atoms with Gasteiger partial charge in [-0.2, -0.15) is 0 Å². The van der Waals surface area contributed by atoms with Crippen molar-refractivity contribution in [1.29, 1.82) is 0 Å². The standard InChI is InChI=1S/C19H26N4OS.2ClH/c20-12-13-4-3-5-15(13)18(24)21-14-8-10-23(11-9-14)19-22-16-6-1-2-7-17(16)25-19;;/h1-2,6-7,13-15H,3-5,8-12,20H2,(H,21,24);2*1H/t13-,15-;;/m1../s1. The fraction of sp³-hybridized carbons (Fsp3) is 0.579. The summed E-state index contributed by atoms with van der Waals surface area (Å²) in [6.45, 7) is 2.54. The monoisotopic (exact) mass is 430 g/mol. The summed E-state index contributed by atoms with van der Waals surface area (Å²) in [6.07, 6.45) is 5.21. The molecule has 0 bridgehead atoms. The molecule has 5 nitrogen and oxygen atoms in total. The third-order valence-corrected chi connectivity index (χ3v) is 6.79. The molecular weight excluding hydrogens is 403 g/mol. The smallest absolute Gasteiger partial charge is 0.223 e. The van der Waals surface area contributed by atoms with E-state index < -0.39 is 0 Å². The Morgan fingerprint density at radius 1 is 1.19 bits per heavy atom. The second kappa shape index (κ2) is 9.92. The number of nitrogens with one attached hydrogen (secondary N) is 1. The number of rotatable bonds is 4. The Bertz CT molecular complexity index is 715. The van der Waals surface area contributed by atoms with Crippen molar-refractivity contribution in [2.75, 3.05) is 24.5 Å². The molecule has 2 aliphatic rings. The second-order valence-corrected chi connectivity index (χ2v) is 8.28. The minimum atomic E-state index is 0. The maximum atomic E-state index is 12.6. The van der Waals surface area contributed by atoms with Crippen LogP contribution in [0.2, 0.25) is 0 Å². The number of carbonyl (C=O) groups excluding carboxylic acids is 1. The summed E-state index contributed by atoms with van der Waals surface area (Å²) in [5, 5.41) is 4.39. The molecular formula is C19H28Cl2N4OS. The Balaban J connectivity index is 0.00000131. The topological polar surface area (TPSA) is 71.2 Å². The zero-order valence-corrected chi connectivity index (χ0v) is 17.8. The molecule has 2 heterocycles. The van der Waals surface area contributed by atoms with Gasteiger partial charge in [-0.25, -0.2) is 4.98 Å². The summed E-state index contributed by atoms with van der Waals surface area (Å²) >= 11 is 1.76. The Kier molecular flexibility index (Phi) is 8.16. The van der Waals surface area contributed by atoms with Gasteiger partial charge in [0.25, 0.3) is 0 Å². The first-order valence-electron chi connectivity index (χ1n) is 9.35. The van der Waals surface area contributed by atoms with Crippen LogP contribution >= 0.6 is 36.2 Å². The number of para-hydroxylation sites is 1. The molecule has 2 aromatic rings. The van der Waals surface area contributed by atoms with Gasteiger partial charge in [0.2, 0.25) is 5.91 Å². The number of carbonyl (C=O) groups is 1. The van der Waals surface area contributed by atoms with Crippen LogP contribution in [0.4, 0.5) is 5.13 Å². The van der Waals surface area contributed by atoms with Gasteiger partial charge in [-0.1, -0.05) is 29.9 Å². The zero-order chi connectivity index (χ0) is 17.2. The van der Waals surface area contributed by atoms with E-state index in [0.29, 0.717) is 12.5 Å². The van der Waals surface area contributed by atoms with Crippen LogP contribution in [0.3, 0.4) is 0 Å². The van der Waals surface area contributed by atoms with Crippen molar-refractivity contribution in [1.82, 2.24) is 10.3 Å². The molecule has 3 N–H and O–H groups in total. The number of nitrogens with two attached hydrogens (primary N) is 1. The molecule has 0 unspecified atom stereocenters. The number of nitrogens with zero attached hydrogens (tertiary/aromatic N) is 2. The first-order valence-corrected chi connectivity index (χ1v) is 10.2. The Labute approximate surface area is 176 Å². The van der Waals surface area contributed by atoms with Gasteiger partial charge in [0.1, 0.15) is 0 Å². The molecule has 150 valence electrons. The summed E-state index contributed by atoms with van der Waals surface area (Å²) < 4.78 is 1.24. The number of benzene rings is 1. The predicted octanol–water partition coefficient (Wildman–Crippen LogP) is 3.60. The average Bonchev–Trinajstić information content (AvgIpc) is 3.28. The van der Waals surface area contributed by atoms with Gasteiger partial charge in [0, 0.05) is 25.0 Å². The summed E-state index contributed by atoms with van der Waals surface area (Å²) in [6, 6.07) is 8.57. The molecule has 1 aliphatic heterocycles. The highest BCUT2D eigenvalue weighted by Crippen LogP contribution is 2.32. The number of anilines is 1. The molecule has 1 aliphatic carbocycles. The number of fused-ring (bicyclic) bond motifs is 1. The number of aromatic nitrogens is 1. The highest BCUT2D eigenvalue weighted by molar-refractivity contribution is 7.22. The molecule has 1 saturated carbocycles. The zero-order valence-electron chi connectivity index (χ0n) is 15.3. The Morgan fingerprint density at radius 3 is 2.63 bits per heavy atom. The molecule has 0 radical (unpaired) electrons. The SMILES string of the molecule is Cl.Cl.NC[C@H]1CCC[C@H]1C(=O)NC1CCN(c2nc3ccccc3s2)CC1. The van der Waals surface area contributed by atoms with Gasteiger partial charge in [-0.05, 0) is 50.3 Å². The lowest BCUT2D eigenvalue weighted by Crippen LogP contribution is -2.47. The fourth-order valence-electron chi connectivity index (χ4n) is 4.18. The number of hydrogen-bond donors (Lipinski definition) is 2. The van der Waals surface area contributed by atoms with E-state index in [1.54, 1.807) is 11.3 Å². The van der Waals surface area contributed by atoms with Crippen LogP contribution in [0.15, 0.2) is 24.3 Å². The normalized spacial score (nSPS) is 22.9. The van der Waals surface area contributed by atoms with Crippen LogP contribution in [-0.2, 0) is 4.79 Å². The van der Waals surface area contributed by atoms with Gasteiger partial charge >= 0.3 is 0 Å². The summed E-state index contributed by atoms with van der Waals surface area (Å²) in [5.74, 6) is 0.738. The maximum Gasteiger partial charge on any atom is 0.223 e. The molecule has 27 heavy (non-hydrogen) atoms. The lowest BCUT2D eigenvalue weighted by Gasteiger charge is -2.33. The van der Waals surface area contributed by atoms with E-state index in [1.165, 1.54) is 4.70 Å². The summed E-state index contributed by atoms with van der Waals surface area (Å²) in [7, 11) is 0. The number of piperidine rings is 1. The van der Waals surface area contributed by atoms with E-state index in [1.807, 2.05) is 6.07 Å². The van der Waals surface area contributed by atoms with E-state index in [-0.39, 0.29) is 42.7 Å². The van der Waals surface area contributed by atoms with E-state index >= 15 is 0 Å². The van der Waals surface area contributed by atoms with Crippen LogP contribution in [0.25, 0.3) is 10.2 Å². The van der Waals surface area contributed by atoms with Crippen molar-refractivity contribution in [3.05, 3.63) is 24.3 Å². The van der Waals surface area contributed by atoms with Crippen molar-refractivity contribution >= 4 is 57.4 Å². The third kappa shape index (κ3) is 4.86. The summed E-state index contributed by atoms with van der Waals surface area (Å²) in [5.41, 5.74) is 6.89. The maximum absolute atomic E-state index is 12.6. The van der Waals surface area contributed by atoms with Crippen molar-refractivity contribution in [2.24, 2.45) is 17.6 Å². The first-order chi connectivity index (χ1) is 12.2. The number of halogens is 2. The number of amides is 1. The van der Waals surface area contributed by atoms with Crippen LogP contribution in [-0.4, -0.2) is 36.6 Å². The van der Waals surface area contributed by atoms with Crippen molar-refractivity contribution in [3.8, 4) is 0 Å². The second-order valence-electron chi connectivity index (χ2n) is 7.27. The van der Waals surface area contributed by atoms with E-state index in [0.717, 1.165) is 55.8 Å². The van der Waals surface area contributed by atoms with Crippen molar-refractivity contribution in [2.45, 2.75) is 38.1 Å². The van der Waals surface area contributed by atoms with Crippen LogP contribution in [0.5, 0.6) is 0 Å². The molecule has 8 heteroatoms. The molecule has 1 amide bonds. The highest BCUT2D eigenvalue weighted by atomic mass is 35.5. The molecule has 4 rings (SSSR count). The van der Waals surface area contributed by atoms with Crippen LogP contribution in [0.1, 0.15) is 32.1 Å². The van der Waals surface area contributed by atoms with Crippen molar-refractivity contribution in [3.63, 3.8) is 0 Å². The van der Waals surface area contributed by atoms with Crippen LogP contribution in [0, 0.1) is 11.8 Å². The summed E-state index contributed by atoms with van der Waals surface area (Å²) in [4.78, 5) is 19.7. The van der Waals surface area contributed by atoms with Gasteiger partial charge in [0.15, 0.2) is 5.13 Å². The Hall–Kier alpha value is -1.08. The minimum absolute atomic E-state index is 0. The molecule has 1 saturated heterocycles.